The highest BCUT2D eigenvalue weighted by molar-refractivity contribution is 6.09. The molecular formula is C41H25N3O. The van der Waals surface area contributed by atoms with Crippen molar-refractivity contribution in [1.82, 2.24) is 15.0 Å². The first kappa shape index (κ1) is 25.4. The van der Waals surface area contributed by atoms with Crippen LogP contribution in [-0.4, -0.2) is 15.0 Å². The molecule has 4 heteroatoms. The van der Waals surface area contributed by atoms with Crippen LogP contribution in [0.3, 0.4) is 0 Å². The SMILES string of the molecule is c1ccc(-c2nc(-c3cc4oc5ccccc5c4cc3-c3ccc4ccccc4c3)nc(-c3cccc4ccccc34)n2)cc1. The molecule has 4 nitrogen and oxygen atoms in total. The molecule has 0 spiro atoms. The van der Waals surface area contributed by atoms with Crippen LogP contribution in [0.4, 0.5) is 0 Å². The summed E-state index contributed by atoms with van der Waals surface area (Å²) in [6, 6.07) is 52.3. The number of furan rings is 1. The molecule has 0 radical (unpaired) electrons. The molecular weight excluding hydrogens is 550 g/mol. The van der Waals surface area contributed by atoms with Gasteiger partial charge in [0.2, 0.25) is 0 Å². The second kappa shape index (κ2) is 10.2. The first-order chi connectivity index (χ1) is 22.3. The van der Waals surface area contributed by atoms with Gasteiger partial charge >= 0.3 is 0 Å². The molecule has 0 aliphatic heterocycles. The lowest BCUT2D eigenvalue weighted by molar-refractivity contribution is 0.669. The molecule has 0 saturated carbocycles. The number of rotatable bonds is 4. The third kappa shape index (κ3) is 4.35. The van der Waals surface area contributed by atoms with Gasteiger partial charge in [0.25, 0.3) is 0 Å². The van der Waals surface area contributed by atoms with Crippen molar-refractivity contribution in [3.05, 3.63) is 152 Å². The summed E-state index contributed by atoms with van der Waals surface area (Å²) in [6.45, 7) is 0. The number of nitrogens with zero attached hydrogens (tertiary/aromatic N) is 3. The summed E-state index contributed by atoms with van der Waals surface area (Å²) in [7, 11) is 0. The molecule has 0 unspecified atom stereocenters. The maximum absolute atomic E-state index is 6.39. The van der Waals surface area contributed by atoms with Gasteiger partial charge in [-0.2, -0.15) is 0 Å². The summed E-state index contributed by atoms with van der Waals surface area (Å²) in [5.41, 5.74) is 6.55. The van der Waals surface area contributed by atoms with Crippen LogP contribution in [0.1, 0.15) is 0 Å². The fourth-order valence-electron chi connectivity index (χ4n) is 6.31. The van der Waals surface area contributed by atoms with Crippen LogP contribution in [0.25, 0.3) is 88.8 Å². The van der Waals surface area contributed by atoms with E-state index in [4.69, 9.17) is 19.4 Å². The highest BCUT2D eigenvalue weighted by Crippen LogP contribution is 2.40. The lowest BCUT2D eigenvalue weighted by atomic mass is 9.94. The van der Waals surface area contributed by atoms with Crippen LogP contribution in [0, 0.1) is 0 Å². The van der Waals surface area contributed by atoms with E-state index in [1.54, 1.807) is 0 Å². The first-order valence-corrected chi connectivity index (χ1v) is 15.0. The minimum absolute atomic E-state index is 0.595. The van der Waals surface area contributed by atoms with Gasteiger partial charge in [-0.05, 0) is 56.9 Å². The van der Waals surface area contributed by atoms with E-state index in [0.29, 0.717) is 17.5 Å². The molecule has 9 aromatic rings. The fourth-order valence-corrected chi connectivity index (χ4v) is 6.31. The molecule has 0 saturated heterocycles. The van der Waals surface area contributed by atoms with Gasteiger partial charge in [-0.1, -0.05) is 127 Å². The maximum atomic E-state index is 6.39. The summed E-state index contributed by atoms with van der Waals surface area (Å²) in [6.07, 6.45) is 0. The molecule has 210 valence electrons. The Bertz CT molecular complexity index is 2540. The highest BCUT2D eigenvalue weighted by Gasteiger charge is 2.20. The Morgan fingerprint density at radius 2 is 1.00 bits per heavy atom. The lowest BCUT2D eigenvalue weighted by Gasteiger charge is -2.14. The van der Waals surface area contributed by atoms with Crippen LogP contribution in [-0.2, 0) is 0 Å². The molecule has 2 heterocycles. The number of hydrogen-bond acceptors (Lipinski definition) is 4. The zero-order valence-electron chi connectivity index (χ0n) is 24.2. The van der Waals surface area contributed by atoms with E-state index in [-0.39, 0.29) is 0 Å². The summed E-state index contributed by atoms with van der Waals surface area (Å²) < 4.78 is 6.39. The number of aromatic nitrogens is 3. The largest absolute Gasteiger partial charge is 0.456 e. The van der Waals surface area contributed by atoms with Gasteiger partial charge in [-0.3, -0.25) is 0 Å². The van der Waals surface area contributed by atoms with Crippen LogP contribution < -0.4 is 0 Å². The van der Waals surface area contributed by atoms with E-state index < -0.39 is 0 Å². The summed E-state index contributed by atoms with van der Waals surface area (Å²) >= 11 is 0. The minimum atomic E-state index is 0.595. The molecule has 0 N–H and O–H groups in total. The van der Waals surface area contributed by atoms with Crippen LogP contribution in [0.2, 0.25) is 0 Å². The van der Waals surface area contributed by atoms with E-state index in [0.717, 1.165) is 60.5 Å². The van der Waals surface area contributed by atoms with Crippen molar-refractivity contribution >= 4 is 43.5 Å². The third-order valence-electron chi connectivity index (χ3n) is 8.52. The topological polar surface area (TPSA) is 51.8 Å². The summed E-state index contributed by atoms with van der Waals surface area (Å²) in [5, 5.41) is 6.75. The average Bonchev–Trinajstić information content (AvgIpc) is 3.48. The Morgan fingerprint density at radius 3 is 1.87 bits per heavy atom. The Balaban J connectivity index is 1.36. The molecule has 2 aromatic heterocycles. The quantitative estimate of drug-likeness (QED) is 0.209. The van der Waals surface area contributed by atoms with E-state index in [2.05, 4.69) is 109 Å². The normalized spacial score (nSPS) is 11.6. The van der Waals surface area contributed by atoms with Gasteiger partial charge in [-0.15, -0.1) is 0 Å². The molecule has 0 atom stereocenters. The standard InChI is InChI=1S/C41H25N3O/c1-2-13-28(14-3-1)39-42-40(33-19-10-16-27-12-6-7-17-31(27)33)44-41(43-39)36-25-38-35(32-18-8-9-20-37(32)45-38)24-34(36)30-22-21-26-11-4-5-15-29(26)23-30/h1-25H. The predicted molar refractivity (Wildman–Crippen MR) is 184 cm³/mol. The number of hydrogen-bond donors (Lipinski definition) is 0. The molecule has 45 heavy (non-hydrogen) atoms. The Labute approximate surface area is 259 Å². The zero-order chi connectivity index (χ0) is 29.7. The van der Waals surface area contributed by atoms with Crippen molar-refractivity contribution in [3.8, 4) is 45.3 Å². The van der Waals surface area contributed by atoms with E-state index in [1.807, 2.05) is 42.5 Å². The maximum Gasteiger partial charge on any atom is 0.164 e. The molecule has 0 fully saturated rings. The van der Waals surface area contributed by atoms with Gasteiger partial charge in [0.1, 0.15) is 11.2 Å². The molecule has 0 aliphatic carbocycles. The van der Waals surface area contributed by atoms with Crippen molar-refractivity contribution in [2.75, 3.05) is 0 Å². The van der Waals surface area contributed by atoms with Gasteiger partial charge in [-0.25, -0.2) is 15.0 Å². The van der Waals surface area contributed by atoms with Crippen LogP contribution >= 0.6 is 0 Å². The van der Waals surface area contributed by atoms with Crippen molar-refractivity contribution in [2.45, 2.75) is 0 Å². The molecule has 0 aliphatic rings. The van der Waals surface area contributed by atoms with Crippen LogP contribution in [0.15, 0.2) is 156 Å². The summed E-state index contributed by atoms with van der Waals surface area (Å²) in [4.78, 5) is 15.4. The van der Waals surface area contributed by atoms with Gasteiger partial charge < -0.3 is 4.42 Å². The van der Waals surface area contributed by atoms with Crippen molar-refractivity contribution in [2.24, 2.45) is 0 Å². The van der Waals surface area contributed by atoms with E-state index in [9.17, 15) is 0 Å². The molecule has 9 rings (SSSR count). The predicted octanol–water partition coefficient (Wildman–Crippen LogP) is 10.7. The number of fused-ring (bicyclic) bond motifs is 5. The Hall–Kier alpha value is -6.13. The molecule has 0 bridgehead atoms. The van der Waals surface area contributed by atoms with Gasteiger partial charge in [0.05, 0.1) is 0 Å². The van der Waals surface area contributed by atoms with Crippen LogP contribution in [0.5, 0.6) is 0 Å². The molecule has 7 aromatic carbocycles. The molecule has 0 amide bonds. The van der Waals surface area contributed by atoms with Gasteiger partial charge in [0, 0.05) is 27.5 Å². The lowest BCUT2D eigenvalue weighted by Crippen LogP contribution is -2.01. The monoisotopic (exact) mass is 575 g/mol. The van der Waals surface area contributed by atoms with Crippen molar-refractivity contribution in [3.63, 3.8) is 0 Å². The van der Waals surface area contributed by atoms with Crippen molar-refractivity contribution < 1.29 is 4.42 Å². The van der Waals surface area contributed by atoms with E-state index >= 15 is 0 Å². The first-order valence-electron chi connectivity index (χ1n) is 15.0. The second-order valence-electron chi connectivity index (χ2n) is 11.3. The average molecular weight is 576 g/mol. The Kier molecular flexibility index (Phi) is 5.78. The van der Waals surface area contributed by atoms with Crippen molar-refractivity contribution in [1.29, 1.82) is 0 Å². The highest BCUT2D eigenvalue weighted by atomic mass is 16.3. The Morgan fingerprint density at radius 1 is 0.333 bits per heavy atom. The fraction of sp³-hybridized carbons (Fsp3) is 0. The van der Waals surface area contributed by atoms with Gasteiger partial charge in [0.15, 0.2) is 17.5 Å². The number of para-hydroxylation sites is 1. The van der Waals surface area contributed by atoms with E-state index in [1.165, 1.54) is 10.8 Å². The second-order valence-corrected chi connectivity index (χ2v) is 11.3. The third-order valence-corrected chi connectivity index (χ3v) is 8.52. The number of benzene rings is 7. The zero-order valence-corrected chi connectivity index (χ0v) is 24.2. The smallest absolute Gasteiger partial charge is 0.164 e. The summed E-state index contributed by atoms with van der Waals surface area (Å²) in [5.74, 6) is 1.85. The minimum Gasteiger partial charge on any atom is -0.456 e.